The quantitative estimate of drug-likeness (QED) is 0.708. The minimum atomic E-state index is -4.35. The normalized spacial score (nSPS) is 12.0. The van der Waals surface area contributed by atoms with E-state index < -0.39 is 17.4 Å². The van der Waals surface area contributed by atoms with E-state index in [0.29, 0.717) is 24.0 Å². The van der Waals surface area contributed by atoms with Crippen molar-refractivity contribution in [2.75, 3.05) is 7.05 Å². The fraction of sp³-hybridized carbons (Fsp3) is 0.211. The van der Waals surface area contributed by atoms with Crippen molar-refractivity contribution in [3.63, 3.8) is 0 Å². The van der Waals surface area contributed by atoms with Crippen molar-refractivity contribution in [3.8, 4) is 5.75 Å². The maximum absolute atomic E-state index is 12.6. The van der Waals surface area contributed by atoms with Crippen LogP contribution in [0.4, 0.5) is 13.2 Å². The zero-order chi connectivity index (χ0) is 18.9. The molecule has 0 unspecified atom stereocenters. The molecule has 0 atom stereocenters. The van der Waals surface area contributed by atoms with Crippen LogP contribution in [-0.2, 0) is 19.3 Å². The summed E-state index contributed by atoms with van der Waals surface area (Å²) < 4.78 is 42.9. The highest BCUT2D eigenvalue weighted by molar-refractivity contribution is 5.81. The number of hydrogen-bond acceptors (Lipinski definition) is 4. The molecule has 0 radical (unpaired) electrons. The summed E-state index contributed by atoms with van der Waals surface area (Å²) in [5.41, 5.74) is 0.517. The van der Waals surface area contributed by atoms with Gasteiger partial charge in [-0.15, -0.1) is 0 Å². The van der Waals surface area contributed by atoms with Crippen molar-refractivity contribution in [3.05, 3.63) is 75.6 Å². The number of hydrogen-bond donors (Lipinski definition) is 1. The Hall–Kier alpha value is -2.80. The molecule has 26 heavy (non-hydrogen) atoms. The van der Waals surface area contributed by atoms with Gasteiger partial charge in [0.25, 0.3) is 0 Å². The predicted octanol–water partition coefficient (Wildman–Crippen LogP) is 4.15. The average Bonchev–Trinajstić information content (AvgIpc) is 2.53. The number of nitrogens with zero attached hydrogens (tertiary/aromatic N) is 1. The van der Waals surface area contributed by atoms with Crippen LogP contribution in [-0.4, -0.2) is 17.1 Å². The average molecular weight is 363 g/mol. The number of aromatic hydroxyl groups is 1. The standard InChI is InChI=1S/C19H16F3NO3/c1-23(10-12-2-4-14(5-3-12)19(20,21)22)11-13-8-18(25)26-17-9-15(24)6-7-16(13)17/h2-9,24H,10-11H2,1H3. The number of phenolic OH excluding ortho intramolecular Hbond substituents is 1. The molecular weight excluding hydrogens is 347 g/mol. The molecule has 0 fully saturated rings. The van der Waals surface area contributed by atoms with Gasteiger partial charge in [0.2, 0.25) is 0 Å². The molecule has 1 N–H and O–H groups in total. The Kier molecular flexibility index (Phi) is 4.73. The molecule has 4 nitrogen and oxygen atoms in total. The van der Waals surface area contributed by atoms with E-state index in [1.54, 1.807) is 13.1 Å². The molecule has 0 aliphatic rings. The van der Waals surface area contributed by atoms with Crippen LogP contribution in [0, 0.1) is 0 Å². The van der Waals surface area contributed by atoms with Crippen molar-refractivity contribution in [1.29, 1.82) is 0 Å². The first-order valence-corrected chi connectivity index (χ1v) is 7.83. The number of benzene rings is 2. The molecule has 2 aromatic carbocycles. The van der Waals surface area contributed by atoms with Gasteiger partial charge in [0, 0.05) is 30.6 Å². The van der Waals surface area contributed by atoms with E-state index in [1.807, 2.05) is 4.90 Å². The lowest BCUT2D eigenvalue weighted by molar-refractivity contribution is -0.137. The number of halogens is 3. The molecule has 3 aromatic rings. The molecule has 0 spiro atoms. The highest BCUT2D eigenvalue weighted by Gasteiger charge is 2.29. The van der Waals surface area contributed by atoms with Crippen LogP contribution in [0.3, 0.4) is 0 Å². The summed E-state index contributed by atoms with van der Waals surface area (Å²) in [4.78, 5) is 13.6. The van der Waals surface area contributed by atoms with Gasteiger partial charge in [0.1, 0.15) is 11.3 Å². The van der Waals surface area contributed by atoms with E-state index in [0.717, 1.165) is 17.7 Å². The van der Waals surface area contributed by atoms with Gasteiger partial charge in [0.05, 0.1) is 5.56 Å². The summed E-state index contributed by atoms with van der Waals surface area (Å²) in [6.45, 7) is 0.811. The molecule has 1 aromatic heterocycles. The fourth-order valence-electron chi connectivity index (χ4n) is 2.81. The third kappa shape index (κ3) is 4.05. The SMILES string of the molecule is CN(Cc1ccc(C(F)(F)F)cc1)Cc1cc(=O)oc2cc(O)ccc12. The van der Waals surface area contributed by atoms with Gasteiger partial charge in [-0.05, 0) is 42.4 Å². The molecule has 3 rings (SSSR count). The summed E-state index contributed by atoms with van der Waals surface area (Å²) in [6.07, 6.45) is -4.35. The Bertz CT molecular complexity index is 978. The molecule has 136 valence electrons. The van der Waals surface area contributed by atoms with Crippen LogP contribution < -0.4 is 5.63 Å². The summed E-state index contributed by atoms with van der Waals surface area (Å²) >= 11 is 0. The van der Waals surface area contributed by atoms with Crippen LogP contribution in [0.15, 0.2) is 57.7 Å². The molecule has 0 aliphatic heterocycles. The lowest BCUT2D eigenvalue weighted by Crippen LogP contribution is -2.18. The molecule has 1 heterocycles. The van der Waals surface area contributed by atoms with Crippen LogP contribution in [0.1, 0.15) is 16.7 Å². The zero-order valence-corrected chi connectivity index (χ0v) is 13.9. The minimum Gasteiger partial charge on any atom is -0.508 e. The van der Waals surface area contributed by atoms with Gasteiger partial charge in [-0.1, -0.05) is 12.1 Å². The van der Waals surface area contributed by atoms with Gasteiger partial charge in [-0.3, -0.25) is 4.90 Å². The molecule has 0 saturated carbocycles. The third-order valence-electron chi connectivity index (χ3n) is 3.99. The summed E-state index contributed by atoms with van der Waals surface area (Å²) in [5, 5.41) is 10.2. The van der Waals surface area contributed by atoms with Crippen LogP contribution in [0.5, 0.6) is 5.75 Å². The second-order valence-corrected chi connectivity index (χ2v) is 6.14. The predicted molar refractivity (Wildman–Crippen MR) is 90.8 cm³/mol. The first kappa shape index (κ1) is 18.0. The van der Waals surface area contributed by atoms with Gasteiger partial charge in [-0.25, -0.2) is 4.79 Å². The van der Waals surface area contributed by atoms with Gasteiger partial charge >= 0.3 is 11.8 Å². The highest BCUT2D eigenvalue weighted by Crippen LogP contribution is 2.29. The lowest BCUT2D eigenvalue weighted by Gasteiger charge is -2.18. The molecule has 7 heteroatoms. The van der Waals surface area contributed by atoms with E-state index in [2.05, 4.69) is 0 Å². The zero-order valence-electron chi connectivity index (χ0n) is 13.9. The maximum Gasteiger partial charge on any atom is 0.416 e. The third-order valence-corrected chi connectivity index (χ3v) is 3.99. The van der Waals surface area contributed by atoms with Crippen LogP contribution in [0.2, 0.25) is 0 Å². The number of fused-ring (bicyclic) bond motifs is 1. The van der Waals surface area contributed by atoms with Crippen LogP contribution in [0.25, 0.3) is 11.0 Å². The Morgan fingerprint density at radius 2 is 1.73 bits per heavy atom. The van der Waals surface area contributed by atoms with E-state index in [4.69, 9.17) is 4.42 Å². The van der Waals surface area contributed by atoms with Crippen LogP contribution >= 0.6 is 0 Å². The molecule has 0 saturated heterocycles. The van der Waals surface area contributed by atoms with E-state index in [-0.39, 0.29) is 11.3 Å². The fourth-order valence-corrected chi connectivity index (χ4v) is 2.81. The Labute approximate surface area is 147 Å². The monoisotopic (exact) mass is 363 g/mol. The summed E-state index contributed by atoms with van der Waals surface area (Å²) in [7, 11) is 1.80. The maximum atomic E-state index is 12.6. The van der Waals surface area contributed by atoms with E-state index in [9.17, 15) is 23.1 Å². The molecule has 0 aliphatic carbocycles. The van der Waals surface area contributed by atoms with Crippen molar-refractivity contribution < 1.29 is 22.7 Å². The van der Waals surface area contributed by atoms with Crippen molar-refractivity contribution >= 4 is 11.0 Å². The van der Waals surface area contributed by atoms with Crippen molar-refractivity contribution in [2.45, 2.75) is 19.3 Å². The van der Waals surface area contributed by atoms with Crippen molar-refractivity contribution in [2.24, 2.45) is 0 Å². The second-order valence-electron chi connectivity index (χ2n) is 6.14. The van der Waals surface area contributed by atoms with Crippen molar-refractivity contribution in [1.82, 2.24) is 4.90 Å². The smallest absolute Gasteiger partial charge is 0.416 e. The Balaban J connectivity index is 1.79. The van der Waals surface area contributed by atoms with Gasteiger partial charge in [-0.2, -0.15) is 13.2 Å². The van der Waals surface area contributed by atoms with E-state index >= 15 is 0 Å². The highest BCUT2D eigenvalue weighted by atomic mass is 19.4. The first-order valence-electron chi connectivity index (χ1n) is 7.83. The summed E-state index contributed by atoms with van der Waals surface area (Å²) in [6, 6.07) is 10.9. The lowest BCUT2D eigenvalue weighted by atomic mass is 10.1. The number of phenols is 1. The number of rotatable bonds is 4. The second kappa shape index (κ2) is 6.84. The van der Waals surface area contributed by atoms with E-state index in [1.165, 1.54) is 30.3 Å². The van der Waals surface area contributed by atoms with Gasteiger partial charge in [0.15, 0.2) is 0 Å². The topological polar surface area (TPSA) is 53.7 Å². The molecular formula is C19H16F3NO3. The Morgan fingerprint density at radius 3 is 2.38 bits per heavy atom. The number of alkyl halides is 3. The molecule has 0 amide bonds. The first-order chi connectivity index (χ1) is 12.2. The summed E-state index contributed by atoms with van der Waals surface area (Å²) in [5.74, 6) is -0.00379. The largest absolute Gasteiger partial charge is 0.508 e. The Morgan fingerprint density at radius 1 is 1.04 bits per heavy atom. The minimum absolute atomic E-state index is 0.00379. The van der Waals surface area contributed by atoms with Gasteiger partial charge < -0.3 is 9.52 Å². The molecule has 0 bridgehead atoms.